The smallest absolute Gasteiger partial charge is 0.330 e. The molecule has 3 rings (SSSR count). The number of rotatable bonds is 11. The Morgan fingerprint density at radius 3 is 2.32 bits per heavy atom. The average molecular weight is 422 g/mol. The molecule has 0 saturated carbocycles. The molecule has 1 atom stereocenters. The number of fused-ring (bicyclic) bond motifs is 1. The van der Waals surface area contributed by atoms with Gasteiger partial charge in [0.2, 0.25) is 0 Å². The highest BCUT2D eigenvalue weighted by atomic mass is 16.6. The van der Waals surface area contributed by atoms with E-state index in [1.54, 1.807) is 20.1 Å². The van der Waals surface area contributed by atoms with Crippen molar-refractivity contribution >= 4 is 16.7 Å². The number of benzene rings is 3. The van der Waals surface area contributed by atoms with Crippen molar-refractivity contribution < 1.29 is 28.5 Å². The highest BCUT2D eigenvalue weighted by Crippen LogP contribution is 2.41. The quantitative estimate of drug-likeness (QED) is 0.251. The van der Waals surface area contributed by atoms with E-state index in [-0.39, 0.29) is 6.61 Å². The molecule has 0 aliphatic carbocycles. The van der Waals surface area contributed by atoms with Crippen LogP contribution in [0.5, 0.6) is 23.0 Å². The predicted molar refractivity (Wildman–Crippen MR) is 119 cm³/mol. The Morgan fingerprint density at radius 2 is 1.61 bits per heavy atom. The molecule has 0 N–H and O–H groups in total. The van der Waals surface area contributed by atoms with E-state index in [0.29, 0.717) is 30.5 Å². The zero-order valence-corrected chi connectivity index (χ0v) is 17.7. The van der Waals surface area contributed by atoms with E-state index in [1.807, 2.05) is 54.6 Å². The minimum Gasteiger partial charge on any atom is -0.493 e. The molecule has 0 aliphatic heterocycles. The summed E-state index contributed by atoms with van der Waals surface area (Å²) in [4.78, 5) is 11.4. The number of hydrogen-bond acceptors (Lipinski definition) is 6. The van der Waals surface area contributed by atoms with Gasteiger partial charge in [0, 0.05) is 22.9 Å². The van der Waals surface area contributed by atoms with Crippen LogP contribution in [-0.2, 0) is 9.53 Å². The number of ether oxygens (including phenoxy) is 5. The van der Waals surface area contributed by atoms with Gasteiger partial charge in [-0.05, 0) is 19.1 Å². The van der Waals surface area contributed by atoms with E-state index in [2.05, 4.69) is 6.58 Å². The van der Waals surface area contributed by atoms with Crippen molar-refractivity contribution in [3.8, 4) is 23.0 Å². The van der Waals surface area contributed by atoms with Crippen molar-refractivity contribution in [1.29, 1.82) is 0 Å². The molecule has 0 amide bonds. The van der Waals surface area contributed by atoms with Gasteiger partial charge in [-0.2, -0.15) is 0 Å². The van der Waals surface area contributed by atoms with Gasteiger partial charge in [-0.1, -0.05) is 49.0 Å². The first kappa shape index (κ1) is 22.0. The third kappa shape index (κ3) is 5.92. The SMILES string of the molecule is C=CC(=O)OC(C)COc1c(OC)cc(OCCOc2ccccc2)c2ccccc12. The monoisotopic (exact) mass is 422 g/mol. The van der Waals surface area contributed by atoms with Gasteiger partial charge in [-0.15, -0.1) is 0 Å². The average Bonchev–Trinajstić information content (AvgIpc) is 2.81. The molecule has 0 aliphatic rings. The first-order valence-corrected chi connectivity index (χ1v) is 9.98. The Kier molecular flexibility index (Phi) is 7.76. The molecule has 0 aromatic heterocycles. The van der Waals surface area contributed by atoms with Gasteiger partial charge in [0.25, 0.3) is 0 Å². The molecule has 162 valence electrons. The first-order chi connectivity index (χ1) is 15.1. The fraction of sp³-hybridized carbons (Fsp3) is 0.240. The van der Waals surface area contributed by atoms with Crippen LogP contribution in [-0.4, -0.2) is 39.0 Å². The maximum atomic E-state index is 11.4. The Hall–Kier alpha value is -3.67. The fourth-order valence-corrected chi connectivity index (χ4v) is 3.02. The molecule has 0 radical (unpaired) electrons. The molecular weight excluding hydrogens is 396 g/mol. The largest absolute Gasteiger partial charge is 0.493 e. The van der Waals surface area contributed by atoms with Crippen LogP contribution in [0.25, 0.3) is 10.8 Å². The number of methoxy groups -OCH3 is 1. The summed E-state index contributed by atoms with van der Waals surface area (Å²) in [5, 5.41) is 1.72. The van der Waals surface area contributed by atoms with Gasteiger partial charge in [0.1, 0.15) is 37.4 Å². The molecule has 31 heavy (non-hydrogen) atoms. The molecular formula is C25H26O6. The zero-order valence-electron chi connectivity index (χ0n) is 17.7. The van der Waals surface area contributed by atoms with Crippen LogP contribution >= 0.6 is 0 Å². The van der Waals surface area contributed by atoms with Crippen LogP contribution in [0.15, 0.2) is 73.3 Å². The second kappa shape index (κ2) is 10.9. The molecule has 6 nitrogen and oxygen atoms in total. The number of carbonyl (C=O) groups excluding carboxylic acids is 1. The van der Waals surface area contributed by atoms with Crippen LogP contribution in [0, 0.1) is 0 Å². The van der Waals surface area contributed by atoms with Crippen LogP contribution in [0.2, 0.25) is 0 Å². The Balaban J connectivity index is 1.73. The lowest BCUT2D eigenvalue weighted by Crippen LogP contribution is -2.21. The van der Waals surface area contributed by atoms with Crippen LogP contribution in [0.4, 0.5) is 0 Å². The zero-order chi connectivity index (χ0) is 22.1. The van der Waals surface area contributed by atoms with Crippen LogP contribution in [0.3, 0.4) is 0 Å². The van der Waals surface area contributed by atoms with E-state index < -0.39 is 12.1 Å². The normalized spacial score (nSPS) is 11.4. The van der Waals surface area contributed by atoms with Crippen LogP contribution in [0.1, 0.15) is 6.92 Å². The summed E-state index contributed by atoms with van der Waals surface area (Å²) in [6.07, 6.45) is 0.681. The third-order valence-corrected chi connectivity index (χ3v) is 4.44. The summed E-state index contributed by atoms with van der Waals surface area (Å²) >= 11 is 0. The van der Waals surface area contributed by atoms with E-state index in [9.17, 15) is 4.79 Å². The standard InChI is InChI=1S/C25H26O6/c1-4-24(26)31-18(2)17-30-25-21-13-9-8-12-20(21)22(16-23(25)27-3)29-15-14-28-19-10-6-5-7-11-19/h4-13,16,18H,1,14-15,17H2,2-3H3. The van der Waals surface area contributed by atoms with E-state index >= 15 is 0 Å². The van der Waals surface area contributed by atoms with Crippen molar-refractivity contribution in [2.24, 2.45) is 0 Å². The second-order valence-corrected chi connectivity index (χ2v) is 6.72. The lowest BCUT2D eigenvalue weighted by Gasteiger charge is -2.19. The molecule has 0 saturated heterocycles. The molecule has 3 aromatic rings. The summed E-state index contributed by atoms with van der Waals surface area (Å²) in [5.41, 5.74) is 0. The van der Waals surface area contributed by atoms with Gasteiger partial charge in [-0.25, -0.2) is 4.79 Å². The van der Waals surface area contributed by atoms with Gasteiger partial charge >= 0.3 is 5.97 Å². The summed E-state index contributed by atoms with van der Waals surface area (Å²) < 4.78 is 28.4. The van der Waals surface area contributed by atoms with Gasteiger partial charge in [0.05, 0.1) is 7.11 Å². The maximum absolute atomic E-state index is 11.4. The number of hydrogen-bond donors (Lipinski definition) is 0. The molecule has 1 unspecified atom stereocenters. The summed E-state index contributed by atoms with van der Waals surface area (Å²) in [6, 6.07) is 19.1. The number of esters is 1. The fourth-order valence-electron chi connectivity index (χ4n) is 3.02. The van der Waals surface area contributed by atoms with E-state index in [4.69, 9.17) is 23.7 Å². The van der Waals surface area contributed by atoms with Gasteiger partial charge in [-0.3, -0.25) is 0 Å². The minimum atomic E-state index is -0.491. The highest BCUT2D eigenvalue weighted by molar-refractivity contribution is 5.95. The minimum absolute atomic E-state index is 0.172. The topological polar surface area (TPSA) is 63.2 Å². The second-order valence-electron chi connectivity index (χ2n) is 6.72. The molecule has 0 fully saturated rings. The Morgan fingerprint density at radius 1 is 0.935 bits per heavy atom. The summed E-state index contributed by atoms with van der Waals surface area (Å²) in [5.74, 6) is 2.06. The van der Waals surface area contributed by atoms with Gasteiger partial charge < -0.3 is 23.7 Å². The van der Waals surface area contributed by atoms with Crippen molar-refractivity contribution in [3.05, 3.63) is 73.3 Å². The summed E-state index contributed by atoms with van der Waals surface area (Å²) in [6.45, 7) is 6.10. The molecule has 3 aromatic carbocycles. The Bertz CT molecular complexity index is 1020. The van der Waals surface area contributed by atoms with Crippen molar-refractivity contribution in [2.75, 3.05) is 26.9 Å². The number of carbonyl (C=O) groups is 1. The maximum Gasteiger partial charge on any atom is 0.330 e. The molecule has 0 bridgehead atoms. The lowest BCUT2D eigenvalue weighted by atomic mass is 10.1. The lowest BCUT2D eigenvalue weighted by molar-refractivity contribution is -0.143. The van der Waals surface area contributed by atoms with Crippen LogP contribution < -0.4 is 18.9 Å². The van der Waals surface area contributed by atoms with Crippen molar-refractivity contribution in [1.82, 2.24) is 0 Å². The predicted octanol–water partition coefficient (Wildman–Crippen LogP) is 4.80. The first-order valence-electron chi connectivity index (χ1n) is 9.98. The third-order valence-electron chi connectivity index (χ3n) is 4.44. The summed E-state index contributed by atoms with van der Waals surface area (Å²) in [7, 11) is 1.57. The van der Waals surface area contributed by atoms with Gasteiger partial charge in [0.15, 0.2) is 11.5 Å². The van der Waals surface area contributed by atoms with Crippen molar-refractivity contribution in [3.63, 3.8) is 0 Å². The highest BCUT2D eigenvalue weighted by Gasteiger charge is 2.17. The molecule has 0 spiro atoms. The molecule has 0 heterocycles. The Labute approximate surface area is 181 Å². The van der Waals surface area contributed by atoms with E-state index in [0.717, 1.165) is 22.6 Å². The van der Waals surface area contributed by atoms with Crippen molar-refractivity contribution in [2.45, 2.75) is 13.0 Å². The molecule has 6 heteroatoms. The number of para-hydroxylation sites is 1. The van der Waals surface area contributed by atoms with E-state index in [1.165, 1.54) is 0 Å².